The first-order valence-corrected chi connectivity index (χ1v) is 5.96. The van der Waals surface area contributed by atoms with Gasteiger partial charge >= 0.3 is 5.97 Å². The number of benzene rings is 1. The van der Waals surface area contributed by atoms with Gasteiger partial charge in [0.15, 0.2) is 0 Å². The van der Waals surface area contributed by atoms with Gasteiger partial charge in [0, 0.05) is 0 Å². The third-order valence-electron chi connectivity index (χ3n) is 3.14. The molecule has 0 radical (unpaired) electrons. The van der Waals surface area contributed by atoms with E-state index in [1.54, 1.807) is 0 Å². The van der Waals surface area contributed by atoms with Gasteiger partial charge in [0.25, 0.3) is 0 Å². The van der Waals surface area contributed by atoms with Gasteiger partial charge < -0.3 is 10.2 Å². The van der Waals surface area contributed by atoms with E-state index in [4.69, 9.17) is 5.11 Å². The molecule has 0 aliphatic carbocycles. The van der Waals surface area contributed by atoms with Crippen LogP contribution < -0.4 is 0 Å². The van der Waals surface area contributed by atoms with E-state index in [1.165, 1.54) is 0 Å². The van der Waals surface area contributed by atoms with Crippen LogP contribution in [0, 0.1) is 19.8 Å². The number of rotatable bonds is 5. The van der Waals surface area contributed by atoms with Gasteiger partial charge in [0.05, 0.1) is 12.0 Å². The smallest absolute Gasteiger partial charge is 0.309 e. The summed E-state index contributed by atoms with van der Waals surface area (Å²) in [6.45, 7) is 5.72. The first-order chi connectivity index (χ1) is 7.99. The lowest BCUT2D eigenvalue weighted by molar-refractivity contribution is -0.146. The van der Waals surface area contributed by atoms with Gasteiger partial charge in [0.2, 0.25) is 0 Å². The average molecular weight is 236 g/mol. The fourth-order valence-corrected chi connectivity index (χ4v) is 2.22. The summed E-state index contributed by atoms with van der Waals surface area (Å²) in [6.07, 6.45) is 0.317. The molecule has 0 fully saturated rings. The SMILES string of the molecule is CCCC(C(=O)O)C(O)c1c(C)cccc1C. The van der Waals surface area contributed by atoms with E-state index >= 15 is 0 Å². The second kappa shape index (κ2) is 5.82. The third kappa shape index (κ3) is 3.07. The van der Waals surface area contributed by atoms with Crippen molar-refractivity contribution in [3.63, 3.8) is 0 Å². The monoisotopic (exact) mass is 236 g/mol. The molecule has 3 nitrogen and oxygen atoms in total. The second-order valence-corrected chi connectivity index (χ2v) is 4.48. The lowest BCUT2D eigenvalue weighted by atomic mass is 9.87. The summed E-state index contributed by atoms with van der Waals surface area (Å²) in [6, 6.07) is 5.71. The number of carboxylic acids is 1. The Kier molecular flexibility index (Phi) is 4.70. The van der Waals surface area contributed by atoms with Crippen LogP contribution in [0.5, 0.6) is 0 Å². The number of hydrogen-bond donors (Lipinski definition) is 2. The van der Waals surface area contributed by atoms with Gasteiger partial charge in [-0.3, -0.25) is 4.79 Å². The zero-order valence-corrected chi connectivity index (χ0v) is 10.6. The van der Waals surface area contributed by atoms with Gasteiger partial charge in [-0.15, -0.1) is 0 Å². The van der Waals surface area contributed by atoms with Crippen molar-refractivity contribution in [3.05, 3.63) is 34.9 Å². The van der Waals surface area contributed by atoms with Gasteiger partial charge in [-0.25, -0.2) is 0 Å². The Hall–Kier alpha value is -1.35. The van der Waals surface area contributed by atoms with Crippen molar-refractivity contribution < 1.29 is 15.0 Å². The maximum Gasteiger partial charge on any atom is 0.309 e. The van der Waals surface area contributed by atoms with Crippen LogP contribution in [0.4, 0.5) is 0 Å². The number of aryl methyl sites for hydroxylation is 2. The number of aliphatic hydroxyl groups excluding tert-OH is 1. The topological polar surface area (TPSA) is 57.5 Å². The predicted molar refractivity (Wildman–Crippen MR) is 66.9 cm³/mol. The largest absolute Gasteiger partial charge is 0.481 e. The first kappa shape index (κ1) is 13.7. The molecule has 0 aliphatic rings. The van der Waals surface area contributed by atoms with Crippen molar-refractivity contribution in [1.29, 1.82) is 0 Å². The van der Waals surface area contributed by atoms with Crippen molar-refractivity contribution in [1.82, 2.24) is 0 Å². The van der Waals surface area contributed by atoms with Gasteiger partial charge in [-0.2, -0.15) is 0 Å². The summed E-state index contributed by atoms with van der Waals surface area (Å²) in [7, 11) is 0. The summed E-state index contributed by atoms with van der Waals surface area (Å²) in [5.74, 6) is -1.65. The third-order valence-corrected chi connectivity index (χ3v) is 3.14. The van der Waals surface area contributed by atoms with Gasteiger partial charge in [-0.1, -0.05) is 31.5 Å². The molecule has 3 heteroatoms. The number of hydrogen-bond acceptors (Lipinski definition) is 2. The molecule has 17 heavy (non-hydrogen) atoms. The summed E-state index contributed by atoms with van der Waals surface area (Å²) in [5, 5.41) is 19.4. The van der Waals surface area contributed by atoms with Crippen molar-refractivity contribution in [3.8, 4) is 0 Å². The normalized spacial score (nSPS) is 14.4. The van der Waals surface area contributed by atoms with Crippen molar-refractivity contribution in [2.24, 2.45) is 5.92 Å². The molecule has 1 aromatic rings. The van der Waals surface area contributed by atoms with Gasteiger partial charge in [-0.05, 0) is 37.0 Å². The lowest BCUT2D eigenvalue weighted by Crippen LogP contribution is -2.23. The molecule has 0 aliphatic heterocycles. The molecule has 0 amide bonds. The molecule has 2 atom stereocenters. The summed E-state index contributed by atoms with van der Waals surface area (Å²) < 4.78 is 0. The Bertz CT molecular complexity index is 378. The van der Waals surface area contributed by atoms with E-state index < -0.39 is 18.0 Å². The Morgan fingerprint density at radius 3 is 2.24 bits per heavy atom. The molecule has 0 bridgehead atoms. The number of aliphatic carboxylic acids is 1. The number of carbonyl (C=O) groups is 1. The van der Waals surface area contributed by atoms with E-state index in [9.17, 15) is 9.90 Å². The van der Waals surface area contributed by atoms with Gasteiger partial charge in [0.1, 0.15) is 0 Å². The Morgan fingerprint density at radius 1 is 1.29 bits per heavy atom. The maximum absolute atomic E-state index is 11.2. The minimum atomic E-state index is -0.929. The zero-order chi connectivity index (χ0) is 13.0. The van der Waals surface area contributed by atoms with Crippen LogP contribution in [0.25, 0.3) is 0 Å². The van der Waals surface area contributed by atoms with E-state index in [2.05, 4.69) is 0 Å². The fraction of sp³-hybridized carbons (Fsp3) is 0.500. The Morgan fingerprint density at radius 2 is 1.82 bits per heavy atom. The van der Waals surface area contributed by atoms with E-state index in [0.717, 1.165) is 23.1 Å². The van der Waals surface area contributed by atoms with E-state index in [0.29, 0.717) is 6.42 Å². The summed E-state index contributed by atoms with van der Waals surface area (Å²) >= 11 is 0. The highest BCUT2D eigenvalue weighted by atomic mass is 16.4. The summed E-state index contributed by atoms with van der Waals surface area (Å²) in [5.41, 5.74) is 2.65. The van der Waals surface area contributed by atoms with Crippen LogP contribution in [0.15, 0.2) is 18.2 Å². The highest BCUT2D eigenvalue weighted by Gasteiger charge is 2.28. The van der Waals surface area contributed by atoms with Crippen LogP contribution in [-0.2, 0) is 4.79 Å². The standard InChI is InChI=1S/C14H20O3/c1-4-6-11(14(16)17)13(15)12-9(2)7-5-8-10(12)3/h5,7-8,11,13,15H,4,6H2,1-3H3,(H,16,17). The minimum absolute atomic E-state index is 0.490. The maximum atomic E-state index is 11.2. The zero-order valence-electron chi connectivity index (χ0n) is 10.6. The Labute approximate surface area is 102 Å². The van der Waals surface area contributed by atoms with Crippen LogP contribution >= 0.6 is 0 Å². The average Bonchev–Trinajstić information content (AvgIpc) is 2.24. The van der Waals surface area contributed by atoms with E-state index in [1.807, 2.05) is 39.0 Å². The quantitative estimate of drug-likeness (QED) is 0.826. The van der Waals surface area contributed by atoms with Crippen molar-refractivity contribution in [2.75, 3.05) is 0 Å². The van der Waals surface area contributed by atoms with Crippen LogP contribution in [0.2, 0.25) is 0 Å². The molecule has 0 spiro atoms. The molecule has 0 saturated heterocycles. The molecule has 1 aromatic carbocycles. The molecular formula is C14H20O3. The number of carboxylic acid groups (broad SMARTS) is 1. The minimum Gasteiger partial charge on any atom is -0.481 e. The van der Waals surface area contributed by atoms with Crippen molar-refractivity contribution in [2.45, 2.75) is 39.7 Å². The van der Waals surface area contributed by atoms with E-state index in [-0.39, 0.29) is 0 Å². The fourth-order valence-electron chi connectivity index (χ4n) is 2.22. The molecule has 0 heterocycles. The second-order valence-electron chi connectivity index (χ2n) is 4.48. The lowest BCUT2D eigenvalue weighted by Gasteiger charge is -2.22. The van der Waals surface area contributed by atoms with Crippen LogP contribution in [0.3, 0.4) is 0 Å². The first-order valence-electron chi connectivity index (χ1n) is 5.96. The number of aliphatic hydroxyl groups is 1. The Balaban J connectivity index is 3.09. The van der Waals surface area contributed by atoms with Crippen molar-refractivity contribution >= 4 is 5.97 Å². The highest BCUT2D eigenvalue weighted by molar-refractivity contribution is 5.71. The molecule has 94 valence electrons. The molecule has 2 unspecified atom stereocenters. The molecule has 0 aromatic heterocycles. The molecule has 1 rings (SSSR count). The van der Waals surface area contributed by atoms with Crippen LogP contribution in [0.1, 0.15) is 42.6 Å². The molecule has 2 N–H and O–H groups in total. The predicted octanol–water partition coefficient (Wildman–Crippen LogP) is 2.84. The van der Waals surface area contributed by atoms with Crippen LogP contribution in [-0.4, -0.2) is 16.2 Å². The highest BCUT2D eigenvalue weighted by Crippen LogP contribution is 2.30. The molecular weight excluding hydrogens is 216 g/mol. The summed E-state index contributed by atoms with van der Waals surface area (Å²) in [4.78, 5) is 11.2. The molecule has 0 saturated carbocycles.